The van der Waals surface area contributed by atoms with Gasteiger partial charge in [0, 0.05) is 28.2 Å². The summed E-state index contributed by atoms with van der Waals surface area (Å²) in [5, 5.41) is 15.1. The third kappa shape index (κ3) is 4.26. The highest BCUT2D eigenvalue weighted by Crippen LogP contribution is 2.32. The molecule has 2 heterocycles. The molecule has 0 aliphatic heterocycles. The number of carbonyl (C=O) groups is 1. The average Bonchev–Trinajstić information content (AvgIpc) is 3.23. The molecule has 0 fully saturated rings. The van der Waals surface area contributed by atoms with Crippen molar-refractivity contribution in [1.82, 2.24) is 9.97 Å². The van der Waals surface area contributed by atoms with E-state index in [1.807, 2.05) is 30.5 Å². The third-order valence-electron chi connectivity index (χ3n) is 5.79. The van der Waals surface area contributed by atoms with Crippen LogP contribution in [0.5, 0.6) is 5.75 Å². The van der Waals surface area contributed by atoms with Gasteiger partial charge in [-0.2, -0.15) is 0 Å². The van der Waals surface area contributed by atoms with Gasteiger partial charge in [0.05, 0.1) is 17.1 Å². The number of fused-ring (bicyclic) bond motifs is 2. The van der Waals surface area contributed by atoms with Crippen LogP contribution in [0.1, 0.15) is 5.56 Å². The molecule has 7 nitrogen and oxygen atoms in total. The first kappa shape index (κ1) is 23.1. The number of halogens is 1. The molecule has 0 spiro atoms. The van der Waals surface area contributed by atoms with Crippen molar-refractivity contribution in [1.29, 1.82) is 0 Å². The Balaban J connectivity index is 0.00000274. The smallest absolute Gasteiger partial charge is 0.260 e. The first-order valence-corrected chi connectivity index (χ1v) is 10.6. The number of benzene rings is 3. The van der Waals surface area contributed by atoms with Gasteiger partial charge in [0.15, 0.2) is 0 Å². The Hall–Kier alpha value is -4.07. The Bertz CT molecular complexity index is 1540. The van der Waals surface area contributed by atoms with Gasteiger partial charge in [-0.05, 0) is 47.9 Å². The van der Waals surface area contributed by atoms with Crippen molar-refractivity contribution in [2.24, 2.45) is 5.73 Å². The maximum atomic E-state index is 12.6. The first-order valence-electron chi connectivity index (χ1n) is 10.6. The van der Waals surface area contributed by atoms with E-state index >= 15 is 0 Å². The number of hydrogen-bond acceptors (Lipinski definition) is 4. The molecule has 1 amide bonds. The molecule has 1 atom stereocenters. The van der Waals surface area contributed by atoms with E-state index in [0.29, 0.717) is 28.6 Å². The molecule has 172 valence electrons. The summed E-state index contributed by atoms with van der Waals surface area (Å²) in [6, 6.07) is 20.9. The number of hydrogen-bond donors (Lipinski definition) is 5. The zero-order chi connectivity index (χ0) is 22.9. The summed E-state index contributed by atoms with van der Waals surface area (Å²) in [5.41, 5.74) is 9.60. The van der Waals surface area contributed by atoms with Gasteiger partial charge in [-0.1, -0.05) is 42.5 Å². The van der Waals surface area contributed by atoms with Gasteiger partial charge in [0.1, 0.15) is 5.75 Å². The van der Waals surface area contributed by atoms with Gasteiger partial charge in [0.25, 0.3) is 5.56 Å². The molecule has 2 aromatic heterocycles. The van der Waals surface area contributed by atoms with E-state index in [1.165, 1.54) is 0 Å². The Labute approximate surface area is 201 Å². The van der Waals surface area contributed by atoms with Gasteiger partial charge >= 0.3 is 0 Å². The molecular formula is C26H23ClN4O3. The maximum absolute atomic E-state index is 12.6. The molecule has 6 N–H and O–H groups in total. The van der Waals surface area contributed by atoms with Crippen molar-refractivity contribution in [2.75, 3.05) is 5.32 Å². The van der Waals surface area contributed by atoms with Crippen LogP contribution in [-0.4, -0.2) is 27.0 Å². The number of rotatable bonds is 5. The average molecular weight is 475 g/mol. The van der Waals surface area contributed by atoms with Gasteiger partial charge < -0.3 is 26.1 Å². The highest BCUT2D eigenvalue weighted by Gasteiger charge is 2.17. The standard InChI is InChI=1S/C26H22N4O3.ClH/c27-20(13-16-14-28-21-7-3-1-5-18(16)21)25(32)29-17-11-9-15(10-12-17)23-24(31)19-6-2-4-8-22(19)30-26(23)33;/h1-12,14,20,28H,13,27H2,(H,29,32)(H2,30,31,33);1H/t20-;/m0./s1. The quantitative estimate of drug-likeness (QED) is 0.260. The Morgan fingerprint density at radius 1 is 0.941 bits per heavy atom. The summed E-state index contributed by atoms with van der Waals surface area (Å²) in [7, 11) is 0. The Kier molecular flexibility index (Phi) is 6.40. The minimum Gasteiger partial charge on any atom is -0.506 e. The second-order valence-corrected chi connectivity index (χ2v) is 7.96. The fraction of sp³-hybridized carbons (Fsp3) is 0.0769. The van der Waals surface area contributed by atoms with Crippen LogP contribution in [0.25, 0.3) is 32.9 Å². The van der Waals surface area contributed by atoms with Crippen LogP contribution >= 0.6 is 12.4 Å². The molecule has 0 bridgehead atoms. The van der Waals surface area contributed by atoms with Crippen molar-refractivity contribution < 1.29 is 9.90 Å². The number of nitrogens with one attached hydrogen (secondary N) is 3. The van der Waals surface area contributed by atoms with Crippen LogP contribution in [0.2, 0.25) is 0 Å². The molecule has 0 saturated heterocycles. The van der Waals surface area contributed by atoms with Crippen molar-refractivity contribution in [3.63, 3.8) is 0 Å². The fourth-order valence-electron chi connectivity index (χ4n) is 4.08. The number of aromatic hydroxyl groups is 1. The normalized spacial score (nSPS) is 11.8. The minimum atomic E-state index is -0.726. The highest BCUT2D eigenvalue weighted by molar-refractivity contribution is 5.96. The Morgan fingerprint density at radius 2 is 1.59 bits per heavy atom. The number of aromatic nitrogens is 2. The first-order chi connectivity index (χ1) is 16.0. The molecule has 8 heteroatoms. The predicted octanol–water partition coefficient (Wildman–Crippen LogP) is 4.31. The number of pyridine rings is 1. The molecule has 3 aromatic carbocycles. The lowest BCUT2D eigenvalue weighted by Crippen LogP contribution is -2.37. The van der Waals surface area contributed by atoms with Gasteiger partial charge in [0.2, 0.25) is 5.91 Å². The molecule has 0 aliphatic carbocycles. The summed E-state index contributed by atoms with van der Waals surface area (Å²) < 4.78 is 0. The lowest BCUT2D eigenvalue weighted by Gasteiger charge is -2.13. The van der Waals surface area contributed by atoms with Crippen LogP contribution in [-0.2, 0) is 11.2 Å². The summed E-state index contributed by atoms with van der Waals surface area (Å²) in [4.78, 5) is 31.2. The van der Waals surface area contributed by atoms with Gasteiger partial charge in [-0.15, -0.1) is 12.4 Å². The number of amides is 1. The van der Waals surface area contributed by atoms with Crippen molar-refractivity contribution in [3.8, 4) is 16.9 Å². The molecule has 5 aromatic rings. The number of aromatic amines is 2. The van der Waals surface area contributed by atoms with Crippen molar-refractivity contribution in [2.45, 2.75) is 12.5 Å². The molecule has 0 unspecified atom stereocenters. The van der Waals surface area contributed by atoms with Crippen LogP contribution in [0, 0.1) is 0 Å². The summed E-state index contributed by atoms with van der Waals surface area (Å²) >= 11 is 0. The van der Waals surface area contributed by atoms with Crippen LogP contribution < -0.4 is 16.6 Å². The van der Waals surface area contributed by atoms with E-state index in [-0.39, 0.29) is 35.2 Å². The Morgan fingerprint density at radius 3 is 2.32 bits per heavy atom. The largest absolute Gasteiger partial charge is 0.506 e. The van der Waals surface area contributed by atoms with Crippen LogP contribution in [0.4, 0.5) is 5.69 Å². The zero-order valence-electron chi connectivity index (χ0n) is 18.0. The van der Waals surface area contributed by atoms with Crippen LogP contribution in [0.3, 0.4) is 0 Å². The lowest BCUT2D eigenvalue weighted by atomic mass is 10.0. The summed E-state index contributed by atoms with van der Waals surface area (Å²) in [6.07, 6.45) is 2.27. The second kappa shape index (κ2) is 9.43. The molecule has 0 aliphatic rings. The van der Waals surface area contributed by atoms with E-state index in [2.05, 4.69) is 15.3 Å². The van der Waals surface area contributed by atoms with E-state index < -0.39 is 6.04 Å². The summed E-state index contributed by atoms with van der Waals surface area (Å²) in [6.45, 7) is 0. The zero-order valence-corrected chi connectivity index (χ0v) is 18.9. The van der Waals surface area contributed by atoms with Gasteiger partial charge in [-0.3, -0.25) is 9.59 Å². The third-order valence-corrected chi connectivity index (χ3v) is 5.79. The number of para-hydroxylation sites is 2. The lowest BCUT2D eigenvalue weighted by molar-refractivity contribution is -0.117. The van der Waals surface area contributed by atoms with E-state index in [0.717, 1.165) is 16.5 Å². The van der Waals surface area contributed by atoms with E-state index in [4.69, 9.17) is 5.73 Å². The predicted molar refractivity (Wildman–Crippen MR) is 138 cm³/mol. The topological polar surface area (TPSA) is 124 Å². The highest BCUT2D eigenvalue weighted by atomic mass is 35.5. The number of carbonyl (C=O) groups excluding carboxylic acids is 1. The molecule has 5 rings (SSSR count). The SMILES string of the molecule is Cl.N[C@@H](Cc1c[nH]c2ccccc12)C(=O)Nc1ccc(-c2c(O)c3ccccc3[nH]c2=O)cc1. The second-order valence-electron chi connectivity index (χ2n) is 7.96. The van der Waals surface area contributed by atoms with Crippen molar-refractivity contribution >= 4 is 45.8 Å². The maximum Gasteiger partial charge on any atom is 0.260 e. The summed E-state index contributed by atoms with van der Waals surface area (Å²) in [5.74, 6) is -0.383. The fourth-order valence-corrected chi connectivity index (χ4v) is 4.08. The van der Waals surface area contributed by atoms with E-state index in [9.17, 15) is 14.7 Å². The monoisotopic (exact) mass is 474 g/mol. The van der Waals surface area contributed by atoms with Gasteiger partial charge in [-0.25, -0.2) is 0 Å². The molecule has 0 saturated carbocycles. The number of nitrogens with two attached hydrogens (primary N) is 1. The van der Waals surface area contributed by atoms with E-state index in [1.54, 1.807) is 48.5 Å². The van der Waals surface area contributed by atoms with Crippen molar-refractivity contribution in [3.05, 3.63) is 94.9 Å². The number of H-pyrrole nitrogens is 2. The minimum absolute atomic E-state index is 0. The molecule has 34 heavy (non-hydrogen) atoms. The molecular weight excluding hydrogens is 452 g/mol. The molecule has 0 radical (unpaired) electrons. The van der Waals surface area contributed by atoms with Crippen LogP contribution in [0.15, 0.2) is 83.8 Å². The number of anilines is 1.